The normalized spacial score (nSPS) is 12.3. The summed E-state index contributed by atoms with van der Waals surface area (Å²) in [4.78, 5) is 17.2. The molecule has 1 heterocycles. The topological polar surface area (TPSA) is 44.1 Å². The number of rotatable bonds is 4. The first-order valence-electron chi connectivity index (χ1n) is 7.44. The summed E-state index contributed by atoms with van der Waals surface area (Å²) in [7, 11) is 1.56. The van der Waals surface area contributed by atoms with Crippen LogP contribution in [0.5, 0.6) is 5.75 Å². The van der Waals surface area contributed by atoms with E-state index in [4.69, 9.17) is 4.74 Å². The summed E-state index contributed by atoms with van der Waals surface area (Å²) in [6.45, 7) is 1.98. The van der Waals surface area contributed by atoms with Crippen LogP contribution in [0.3, 0.4) is 0 Å². The van der Waals surface area contributed by atoms with Gasteiger partial charge in [-0.15, -0.1) is 0 Å². The number of benzene rings is 2. The third-order valence-corrected chi connectivity index (χ3v) is 3.97. The van der Waals surface area contributed by atoms with Crippen LogP contribution in [0.1, 0.15) is 24.9 Å². The molecule has 0 amide bonds. The molecule has 1 aromatic heterocycles. The molecule has 0 N–H and O–H groups in total. The molecule has 0 aliphatic rings. The van der Waals surface area contributed by atoms with Gasteiger partial charge in [-0.1, -0.05) is 19.1 Å². The largest absolute Gasteiger partial charge is 0.497 e. The lowest BCUT2D eigenvalue weighted by Crippen LogP contribution is -2.25. The second-order valence-electron chi connectivity index (χ2n) is 5.32. The SMILES string of the molecule is CC[C@H](c1ccc(F)cc1)n1cnc2ccc(OC)cc2c1=O. The van der Waals surface area contributed by atoms with Crippen molar-refractivity contribution in [1.82, 2.24) is 9.55 Å². The minimum Gasteiger partial charge on any atom is -0.497 e. The number of hydrogen-bond donors (Lipinski definition) is 0. The molecule has 3 aromatic rings. The fourth-order valence-corrected chi connectivity index (χ4v) is 2.74. The summed E-state index contributed by atoms with van der Waals surface area (Å²) in [6.07, 6.45) is 2.25. The van der Waals surface area contributed by atoms with Crippen molar-refractivity contribution in [1.29, 1.82) is 0 Å². The number of nitrogens with zero attached hydrogens (tertiary/aromatic N) is 2. The van der Waals surface area contributed by atoms with Crippen LogP contribution in [0.25, 0.3) is 10.9 Å². The molecule has 3 rings (SSSR count). The second kappa shape index (κ2) is 6.20. The number of halogens is 1. The van der Waals surface area contributed by atoms with E-state index in [1.807, 2.05) is 6.92 Å². The maximum atomic E-state index is 13.1. The first kappa shape index (κ1) is 15.2. The highest BCUT2D eigenvalue weighted by Gasteiger charge is 2.15. The van der Waals surface area contributed by atoms with E-state index in [0.717, 1.165) is 5.56 Å². The van der Waals surface area contributed by atoms with Gasteiger partial charge in [-0.05, 0) is 42.3 Å². The summed E-state index contributed by atoms with van der Waals surface area (Å²) in [5.41, 5.74) is 1.37. The number of methoxy groups -OCH3 is 1. The molecule has 0 aliphatic heterocycles. The Labute approximate surface area is 133 Å². The van der Waals surface area contributed by atoms with E-state index >= 15 is 0 Å². The molecule has 0 saturated heterocycles. The van der Waals surface area contributed by atoms with Gasteiger partial charge in [0.2, 0.25) is 0 Å². The smallest absolute Gasteiger partial charge is 0.261 e. The summed E-state index contributed by atoms with van der Waals surface area (Å²) < 4.78 is 19.9. The van der Waals surface area contributed by atoms with Gasteiger partial charge in [0.1, 0.15) is 11.6 Å². The Bertz CT molecular complexity index is 888. The van der Waals surface area contributed by atoms with E-state index in [-0.39, 0.29) is 17.4 Å². The van der Waals surface area contributed by atoms with Crippen LogP contribution >= 0.6 is 0 Å². The van der Waals surface area contributed by atoms with Gasteiger partial charge in [0, 0.05) is 0 Å². The summed E-state index contributed by atoms with van der Waals surface area (Å²) in [5.74, 6) is 0.321. The summed E-state index contributed by atoms with van der Waals surface area (Å²) in [5, 5.41) is 0.507. The fourth-order valence-electron chi connectivity index (χ4n) is 2.74. The molecule has 4 nitrogen and oxygen atoms in total. The van der Waals surface area contributed by atoms with Gasteiger partial charge in [-0.3, -0.25) is 9.36 Å². The minimum atomic E-state index is -0.294. The number of ether oxygens (including phenoxy) is 1. The number of hydrogen-bond acceptors (Lipinski definition) is 3. The van der Waals surface area contributed by atoms with Crippen LogP contribution in [0.15, 0.2) is 53.6 Å². The molecule has 0 saturated carbocycles. The van der Waals surface area contributed by atoms with E-state index in [2.05, 4.69) is 4.98 Å². The van der Waals surface area contributed by atoms with Crippen molar-refractivity contribution in [3.63, 3.8) is 0 Å². The van der Waals surface area contributed by atoms with Gasteiger partial charge < -0.3 is 4.74 Å². The van der Waals surface area contributed by atoms with Gasteiger partial charge in [-0.25, -0.2) is 9.37 Å². The highest BCUT2D eigenvalue weighted by molar-refractivity contribution is 5.78. The predicted octanol–water partition coefficient (Wildman–Crippen LogP) is 3.54. The van der Waals surface area contributed by atoms with Crippen LogP contribution in [-0.4, -0.2) is 16.7 Å². The lowest BCUT2D eigenvalue weighted by molar-refractivity contribution is 0.415. The van der Waals surface area contributed by atoms with Gasteiger partial charge in [0.25, 0.3) is 5.56 Å². The van der Waals surface area contributed by atoms with Crippen LogP contribution < -0.4 is 10.3 Å². The van der Waals surface area contributed by atoms with Crippen molar-refractivity contribution in [2.45, 2.75) is 19.4 Å². The highest BCUT2D eigenvalue weighted by Crippen LogP contribution is 2.22. The van der Waals surface area contributed by atoms with Crippen molar-refractivity contribution in [2.75, 3.05) is 7.11 Å². The lowest BCUT2D eigenvalue weighted by atomic mass is 10.0. The van der Waals surface area contributed by atoms with Gasteiger partial charge in [0.05, 0.1) is 30.4 Å². The van der Waals surface area contributed by atoms with Gasteiger partial charge >= 0.3 is 0 Å². The molecule has 2 aromatic carbocycles. The predicted molar refractivity (Wildman–Crippen MR) is 87.4 cm³/mol. The molecule has 0 bridgehead atoms. The quantitative estimate of drug-likeness (QED) is 0.740. The van der Waals surface area contributed by atoms with Crippen LogP contribution in [-0.2, 0) is 0 Å². The lowest BCUT2D eigenvalue weighted by Gasteiger charge is -2.19. The van der Waals surface area contributed by atoms with Crippen molar-refractivity contribution < 1.29 is 9.13 Å². The third-order valence-electron chi connectivity index (χ3n) is 3.97. The van der Waals surface area contributed by atoms with Crippen LogP contribution in [0.2, 0.25) is 0 Å². The van der Waals surface area contributed by atoms with Crippen molar-refractivity contribution >= 4 is 10.9 Å². The van der Waals surface area contributed by atoms with Crippen LogP contribution in [0, 0.1) is 5.82 Å². The molecule has 0 unspecified atom stereocenters. The second-order valence-corrected chi connectivity index (χ2v) is 5.32. The van der Waals surface area contributed by atoms with Crippen molar-refractivity contribution in [3.05, 3.63) is 70.5 Å². The molecular weight excluding hydrogens is 295 g/mol. The molecule has 0 fully saturated rings. The van der Waals surface area contributed by atoms with Gasteiger partial charge in [0.15, 0.2) is 0 Å². The first-order chi connectivity index (χ1) is 11.1. The molecule has 118 valence electrons. The van der Waals surface area contributed by atoms with Crippen molar-refractivity contribution in [3.8, 4) is 5.75 Å². The van der Waals surface area contributed by atoms with Crippen LogP contribution in [0.4, 0.5) is 4.39 Å². The average molecular weight is 312 g/mol. The average Bonchev–Trinajstić information content (AvgIpc) is 2.59. The molecule has 0 spiro atoms. The molecule has 0 radical (unpaired) electrons. The Morgan fingerprint density at radius 2 is 1.96 bits per heavy atom. The summed E-state index contributed by atoms with van der Waals surface area (Å²) >= 11 is 0. The first-order valence-corrected chi connectivity index (χ1v) is 7.44. The maximum Gasteiger partial charge on any atom is 0.261 e. The Morgan fingerprint density at radius 1 is 1.22 bits per heavy atom. The molecule has 1 atom stereocenters. The zero-order valence-corrected chi connectivity index (χ0v) is 13.0. The van der Waals surface area contributed by atoms with Gasteiger partial charge in [-0.2, -0.15) is 0 Å². The van der Waals surface area contributed by atoms with E-state index in [1.165, 1.54) is 12.1 Å². The van der Waals surface area contributed by atoms with E-state index in [1.54, 1.807) is 48.3 Å². The van der Waals surface area contributed by atoms with E-state index in [0.29, 0.717) is 23.1 Å². The fraction of sp³-hybridized carbons (Fsp3) is 0.222. The van der Waals surface area contributed by atoms with Crippen molar-refractivity contribution in [2.24, 2.45) is 0 Å². The third kappa shape index (κ3) is 2.82. The Kier molecular flexibility index (Phi) is 4.10. The number of aromatic nitrogens is 2. The zero-order valence-electron chi connectivity index (χ0n) is 13.0. The Morgan fingerprint density at radius 3 is 2.61 bits per heavy atom. The minimum absolute atomic E-state index is 0.134. The number of fused-ring (bicyclic) bond motifs is 1. The molecule has 0 aliphatic carbocycles. The maximum absolute atomic E-state index is 13.1. The molecular formula is C18H17FN2O2. The molecule has 5 heteroatoms. The molecule has 23 heavy (non-hydrogen) atoms. The zero-order chi connectivity index (χ0) is 16.4. The monoisotopic (exact) mass is 312 g/mol. The standard InChI is InChI=1S/C18H17FN2O2/c1-3-17(12-4-6-13(19)7-5-12)21-11-20-16-9-8-14(23-2)10-15(16)18(21)22/h4-11,17H,3H2,1-2H3/t17-/m1/s1. The Hall–Kier alpha value is -2.69. The summed E-state index contributed by atoms with van der Waals surface area (Å²) in [6, 6.07) is 11.2. The van der Waals surface area contributed by atoms with E-state index in [9.17, 15) is 9.18 Å². The highest BCUT2D eigenvalue weighted by atomic mass is 19.1. The Balaban J connectivity index is 2.15. The van der Waals surface area contributed by atoms with E-state index < -0.39 is 0 Å².